The fourth-order valence-electron chi connectivity index (χ4n) is 4.47. The second-order valence-corrected chi connectivity index (χ2v) is 7.55. The molecule has 8 heteroatoms. The van der Waals surface area contributed by atoms with Gasteiger partial charge in [-0.15, -0.1) is 0 Å². The lowest BCUT2D eigenvalue weighted by molar-refractivity contribution is -0.141. The number of H-pyrrole nitrogens is 1. The Hall–Kier alpha value is -2.64. The maximum atomic E-state index is 13.1. The van der Waals surface area contributed by atoms with Gasteiger partial charge in [-0.3, -0.25) is 4.98 Å². The Labute approximate surface area is 153 Å². The number of hydrogen-bond acceptors (Lipinski definition) is 4. The van der Waals surface area contributed by atoms with E-state index in [0.29, 0.717) is 28.1 Å². The van der Waals surface area contributed by atoms with Gasteiger partial charge in [0.2, 0.25) is 0 Å². The van der Waals surface area contributed by atoms with Crippen LogP contribution in [0.3, 0.4) is 0 Å². The van der Waals surface area contributed by atoms with E-state index in [1.807, 2.05) is 0 Å². The van der Waals surface area contributed by atoms with Crippen molar-refractivity contribution in [2.45, 2.75) is 25.9 Å². The standard InChI is InChI=1S/C19H18F3N5/c1-2-18-6-12(18)8-27(9-18)17-15-13(7-24-16(15)25-10-26-17)11-3-4-23-14(5-11)19(20,21)22/h3-5,7,10,12H,2,6,8-9H2,1H3,(H,24,25,26). The molecule has 1 saturated carbocycles. The van der Waals surface area contributed by atoms with Crippen LogP contribution in [0.1, 0.15) is 25.5 Å². The van der Waals surface area contributed by atoms with Crippen LogP contribution in [0.25, 0.3) is 22.2 Å². The number of piperidine rings is 1. The Morgan fingerprint density at radius 3 is 2.89 bits per heavy atom. The predicted molar refractivity (Wildman–Crippen MR) is 95.2 cm³/mol. The number of alkyl halides is 3. The van der Waals surface area contributed by atoms with Gasteiger partial charge in [-0.25, -0.2) is 9.97 Å². The number of rotatable bonds is 3. The minimum absolute atomic E-state index is 0.383. The van der Waals surface area contributed by atoms with Crippen molar-refractivity contribution in [3.05, 3.63) is 36.5 Å². The molecule has 0 amide bonds. The molecule has 140 valence electrons. The van der Waals surface area contributed by atoms with Crippen LogP contribution < -0.4 is 4.90 Å². The molecule has 0 aromatic carbocycles. The normalized spacial score (nSPS) is 24.4. The number of nitrogens with one attached hydrogen (secondary N) is 1. The molecular weight excluding hydrogens is 355 g/mol. The van der Waals surface area contributed by atoms with Crippen LogP contribution in [-0.2, 0) is 6.18 Å². The van der Waals surface area contributed by atoms with Gasteiger partial charge < -0.3 is 9.88 Å². The fraction of sp³-hybridized carbons (Fsp3) is 0.421. The quantitative estimate of drug-likeness (QED) is 0.745. The van der Waals surface area contributed by atoms with Gasteiger partial charge in [-0.05, 0) is 41.9 Å². The second-order valence-electron chi connectivity index (χ2n) is 7.55. The van der Waals surface area contributed by atoms with Crippen molar-refractivity contribution in [2.24, 2.45) is 11.3 Å². The van der Waals surface area contributed by atoms with Gasteiger partial charge in [-0.1, -0.05) is 6.92 Å². The molecule has 1 aliphatic heterocycles. The molecule has 27 heavy (non-hydrogen) atoms. The molecule has 5 rings (SSSR count). The smallest absolute Gasteiger partial charge is 0.355 e. The van der Waals surface area contributed by atoms with Crippen molar-refractivity contribution in [3.8, 4) is 11.1 Å². The SMILES string of the molecule is CCC12CC1CN(c1ncnc3[nH]cc(-c4ccnc(C(F)(F)F)c4)c13)C2. The van der Waals surface area contributed by atoms with Gasteiger partial charge in [0.15, 0.2) is 0 Å². The van der Waals surface area contributed by atoms with E-state index < -0.39 is 11.9 Å². The monoisotopic (exact) mass is 373 g/mol. The number of hydrogen-bond donors (Lipinski definition) is 1. The molecule has 1 saturated heterocycles. The van der Waals surface area contributed by atoms with Gasteiger partial charge in [0, 0.05) is 31.0 Å². The van der Waals surface area contributed by atoms with Crippen LogP contribution in [-0.4, -0.2) is 33.0 Å². The largest absolute Gasteiger partial charge is 0.433 e. The molecular formula is C19H18F3N5. The molecule has 2 fully saturated rings. The average molecular weight is 373 g/mol. The van der Waals surface area contributed by atoms with Crippen LogP contribution >= 0.6 is 0 Å². The Morgan fingerprint density at radius 1 is 1.30 bits per heavy atom. The van der Waals surface area contributed by atoms with Crippen molar-refractivity contribution < 1.29 is 13.2 Å². The number of aromatic amines is 1. The first-order valence-corrected chi connectivity index (χ1v) is 9.02. The second kappa shape index (κ2) is 5.43. The summed E-state index contributed by atoms with van der Waals surface area (Å²) in [5.41, 5.74) is 1.23. The number of fused-ring (bicyclic) bond motifs is 2. The number of anilines is 1. The molecule has 0 spiro atoms. The molecule has 0 bridgehead atoms. The molecule has 2 atom stereocenters. The molecule has 0 radical (unpaired) electrons. The van der Waals surface area contributed by atoms with E-state index in [1.54, 1.807) is 12.3 Å². The predicted octanol–water partition coefficient (Wildman–Crippen LogP) is 4.28. The van der Waals surface area contributed by atoms with E-state index in [-0.39, 0.29) is 0 Å². The summed E-state index contributed by atoms with van der Waals surface area (Å²) in [5.74, 6) is 1.48. The molecule has 3 aromatic rings. The lowest BCUT2D eigenvalue weighted by atomic mass is 10.0. The molecule has 2 aliphatic rings. The maximum Gasteiger partial charge on any atom is 0.433 e. The highest BCUT2D eigenvalue weighted by Crippen LogP contribution is 2.60. The summed E-state index contributed by atoms with van der Waals surface area (Å²) in [5, 5.41) is 0.768. The minimum Gasteiger partial charge on any atom is -0.355 e. The number of nitrogens with zero attached hydrogens (tertiary/aromatic N) is 4. The molecule has 5 nitrogen and oxygen atoms in total. The van der Waals surface area contributed by atoms with Crippen molar-refractivity contribution in [1.29, 1.82) is 0 Å². The third-order valence-electron chi connectivity index (χ3n) is 6.12. The topological polar surface area (TPSA) is 57.7 Å². The van der Waals surface area contributed by atoms with Crippen molar-refractivity contribution >= 4 is 16.9 Å². The first-order valence-electron chi connectivity index (χ1n) is 9.02. The summed E-state index contributed by atoms with van der Waals surface area (Å²) in [4.78, 5) is 17.6. The summed E-state index contributed by atoms with van der Waals surface area (Å²) in [6, 6.07) is 2.66. The first kappa shape index (κ1) is 16.5. The van der Waals surface area contributed by atoms with E-state index in [9.17, 15) is 13.2 Å². The first-order chi connectivity index (χ1) is 12.9. The van der Waals surface area contributed by atoms with Crippen molar-refractivity contribution in [1.82, 2.24) is 19.9 Å². The summed E-state index contributed by atoms with van der Waals surface area (Å²) < 4.78 is 39.2. The summed E-state index contributed by atoms with van der Waals surface area (Å²) in [7, 11) is 0. The zero-order valence-electron chi connectivity index (χ0n) is 14.7. The van der Waals surface area contributed by atoms with Gasteiger partial charge in [0.25, 0.3) is 0 Å². The van der Waals surface area contributed by atoms with Crippen LogP contribution in [0, 0.1) is 11.3 Å². The highest BCUT2D eigenvalue weighted by molar-refractivity contribution is 6.01. The Bertz CT molecular complexity index is 1020. The highest BCUT2D eigenvalue weighted by atomic mass is 19.4. The Kier molecular flexibility index (Phi) is 3.33. The van der Waals surface area contributed by atoms with Gasteiger partial charge in [0.05, 0.1) is 5.39 Å². The minimum atomic E-state index is -4.48. The number of pyridine rings is 1. The van der Waals surface area contributed by atoms with Gasteiger partial charge in [-0.2, -0.15) is 13.2 Å². The van der Waals surface area contributed by atoms with E-state index in [4.69, 9.17) is 0 Å². The van der Waals surface area contributed by atoms with Crippen molar-refractivity contribution in [3.63, 3.8) is 0 Å². The van der Waals surface area contributed by atoms with Crippen LogP contribution in [0.5, 0.6) is 0 Å². The molecule has 4 heterocycles. The van der Waals surface area contributed by atoms with Crippen LogP contribution in [0.4, 0.5) is 19.0 Å². The van der Waals surface area contributed by atoms with E-state index in [0.717, 1.165) is 36.8 Å². The Balaban J connectivity index is 1.61. The van der Waals surface area contributed by atoms with Gasteiger partial charge in [0.1, 0.15) is 23.5 Å². The molecule has 1 aliphatic carbocycles. The van der Waals surface area contributed by atoms with E-state index in [1.165, 1.54) is 18.9 Å². The molecule has 3 aromatic heterocycles. The third-order valence-corrected chi connectivity index (χ3v) is 6.12. The zero-order valence-corrected chi connectivity index (χ0v) is 14.7. The summed E-state index contributed by atoms with van der Waals surface area (Å²) in [6.07, 6.45) is 2.32. The van der Waals surface area contributed by atoms with Gasteiger partial charge >= 0.3 is 6.18 Å². The zero-order chi connectivity index (χ0) is 18.8. The summed E-state index contributed by atoms with van der Waals surface area (Å²) in [6.45, 7) is 4.10. The summed E-state index contributed by atoms with van der Waals surface area (Å²) >= 11 is 0. The fourth-order valence-corrected chi connectivity index (χ4v) is 4.47. The molecule has 2 unspecified atom stereocenters. The van der Waals surface area contributed by atoms with E-state index >= 15 is 0 Å². The molecule has 1 N–H and O–H groups in total. The lowest BCUT2D eigenvalue weighted by Crippen LogP contribution is -2.25. The lowest BCUT2D eigenvalue weighted by Gasteiger charge is -2.22. The van der Waals surface area contributed by atoms with E-state index in [2.05, 4.69) is 31.8 Å². The number of aromatic nitrogens is 4. The van der Waals surface area contributed by atoms with Crippen LogP contribution in [0.15, 0.2) is 30.9 Å². The third kappa shape index (κ3) is 2.49. The Morgan fingerprint density at radius 2 is 2.15 bits per heavy atom. The van der Waals surface area contributed by atoms with Crippen LogP contribution in [0.2, 0.25) is 0 Å². The van der Waals surface area contributed by atoms with Crippen molar-refractivity contribution in [2.75, 3.05) is 18.0 Å². The number of halogens is 3. The maximum absolute atomic E-state index is 13.1. The highest BCUT2D eigenvalue weighted by Gasteiger charge is 2.58. The average Bonchev–Trinajstić information content (AvgIpc) is 3.02.